The normalized spacial score (nSPS) is 16.6. The number of anilines is 1. The summed E-state index contributed by atoms with van der Waals surface area (Å²) in [6, 6.07) is 16.4. The molecule has 126 valence electrons. The quantitative estimate of drug-likeness (QED) is 0.798. The molecule has 0 fully saturated rings. The standard InChI is InChI=1S/C19H21BrN2OS/c1-2-16-12-22(17-8-3-4-9-18(17)24-16)13-19(23)21-11-14-6-5-7-15(20)10-14/h3-10,16H,2,11-13H2,1H3,(H,21,23)/t16-/m1/s1. The molecule has 1 aliphatic heterocycles. The van der Waals surface area contributed by atoms with Gasteiger partial charge in [-0.1, -0.05) is 47.1 Å². The van der Waals surface area contributed by atoms with Gasteiger partial charge in [0.1, 0.15) is 0 Å². The van der Waals surface area contributed by atoms with Crippen LogP contribution in [-0.2, 0) is 11.3 Å². The van der Waals surface area contributed by atoms with Crippen LogP contribution in [0.3, 0.4) is 0 Å². The highest BCUT2D eigenvalue weighted by molar-refractivity contribution is 9.10. The Hall–Kier alpha value is -1.46. The zero-order chi connectivity index (χ0) is 16.9. The summed E-state index contributed by atoms with van der Waals surface area (Å²) < 4.78 is 1.03. The van der Waals surface area contributed by atoms with Gasteiger partial charge in [0.15, 0.2) is 0 Å². The lowest BCUT2D eigenvalue weighted by Crippen LogP contribution is -2.42. The second kappa shape index (κ2) is 8.08. The van der Waals surface area contributed by atoms with Crippen molar-refractivity contribution in [1.29, 1.82) is 0 Å². The Morgan fingerprint density at radius 2 is 2.12 bits per heavy atom. The van der Waals surface area contributed by atoms with Crippen molar-refractivity contribution < 1.29 is 4.79 Å². The Kier molecular flexibility index (Phi) is 5.85. The van der Waals surface area contributed by atoms with Gasteiger partial charge in [0.2, 0.25) is 5.91 Å². The summed E-state index contributed by atoms with van der Waals surface area (Å²) in [5.41, 5.74) is 2.27. The first-order valence-corrected chi connectivity index (χ1v) is 9.84. The van der Waals surface area contributed by atoms with Gasteiger partial charge in [-0.2, -0.15) is 0 Å². The van der Waals surface area contributed by atoms with Crippen molar-refractivity contribution in [2.24, 2.45) is 0 Å². The van der Waals surface area contributed by atoms with Gasteiger partial charge in [0, 0.05) is 27.7 Å². The lowest BCUT2D eigenvalue weighted by Gasteiger charge is -2.34. The monoisotopic (exact) mass is 404 g/mol. The lowest BCUT2D eigenvalue weighted by atomic mass is 10.2. The van der Waals surface area contributed by atoms with Crippen molar-refractivity contribution in [1.82, 2.24) is 5.32 Å². The van der Waals surface area contributed by atoms with E-state index in [4.69, 9.17) is 0 Å². The smallest absolute Gasteiger partial charge is 0.239 e. The summed E-state index contributed by atoms with van der Waals surface area (Å²) in [7, 11) is 0. The molecule has 0 saturated heterocycles. The molecule has 5 heteroatoms. The van der Waals surface area contributed by atoms with Crippen LogP contribution in [0.5, 0.6) is 0 Å². The van der Waals surface area contributed by atoms with Gasteiger partial charge in [-0.25, -0.2) is 0 Å². The fourth-order valence-corrected chi connectivity index (χ4v) is 4.52. The number of hydrogen-bond donors (Lipinski definition) is 1. The highest BCUT2D eigenvalue weighted by atomic mass is 79.9. The van der Waals surface area contributed by atoms with Crippen LogP contribution in [0.25, 0.3) is 0 Å². The molecule has 0 bridgehead atoms. The molecule has 1 heterocycles. The number of nitrogens with zero attached hydrogens (tertiary/aromatic N) is 1. The lowest BCUT2D eigenvalue weighted by molar-refractivity contribution is -0.119. The zero-order valence-electron chi connectivity index (χ0n) is 13.7. The number of amides is 1. The van der Waals surface area contributed by atoms with Crippen LogP contribution in [0.2, 0.25) is 0 Å². The average Bonchev–Trinajstić information content (AvgIpc) is 2.60. The Labute approximate surface area is 155 Å². The molecule has 1 amide bonds. The number of benzene rings is 2. The SMILES string of the molecule is CC[C@@H]1CN(CC(=O)NCc2cccc(Br)c2)c2ccccc2S1. The highest BCUT2D eigenvalue weighted by Crippen LogP contribution is 2.39. The van der Waals surface area contributed by atoms with Crippen LogP contribution in [0, 0.1) is 0 Å². The van der Waals surface area contributed by atoms with Crippen molar-refractivity contribution in [2.75, 3.05) is 18.0 Å². The van der Waals surface area contributed by atoms with Crippen LogP contribution in [0.15, 0.2) is 57.9 Å². The molecule has 24 heavy (non-hydrogen) atoms. The van der Waals surface area contributed by atoms with E-state index < -0.39 is 0 Å². The number of nitrogens with one attached hydrogen (secondary N) is 1. The molecular weight excluding hydrogens is 384 g/mol. The summed E-state index contributed by atoms with van der Waals surface area (Å²) in [6.07, 6.45) is 1.11. The zero-order valence-corrected chi connectivity index (χ0v) is 16.1. The predicted octanol–water partition coefficient (Wildman–Crippen LogP) is 4.46. The minimum atomic E-state index is 0.0616. The second-order valence-corrected chi connectivity index (χ2v) is 8.16. The van der Waals surface area contributed by atoms with Crippen molar-refractivity contribution in [3.05, 3.63) is 58.6 Å². The van der Waals surface area contributed by atoms with Gasteiger partial charge < -0.3 is 10.2 Å². The summed E-state index contributed by atoms with van der Waals surface area (Å²) in [5.74, 6) is 0.0616. The third-order valence-electron chi connectivity index (χ3n) is 4.09. The fourth-order valence-electron chi connectivity index (χ4n) is 2.82. The van der Waals surface area contributed by atoms with E-state index >= 15 is 0 Å². The van der Waals surface area contributed by atoms with Crippen molar-refractivity contribution in [3.63, 3.8) is 0 Å². The summed E-state index contributed by atoms with van der Waals surface area (Å²) in [6.45, 7) is 4.08. The van der Waals surface area contributed by atoms with Crippen LogP contribution in [-0.4, -0.2) is 24.2 Å². The first kappa shape index (κ1) is 17.4. The second-order valence-electron chi connectivity index (χ2n) is 5.90. The van der Waals surface area contributed by atoms with E-state index in [2.05, 4.69) is 51.3 Å². The molecule has 0 aromatic heterocycles. The molecule has 3 nitrogen and oxygen atoms in total. The van der Waals surface area contributed by atoms with E-state index in [0.717, 1.165) is 23.0 Å². The average molecular weight is 405 g/mol. The van der Waals surface area contributed by atoms with Crippen LogP contribution in [0.1, 0.15) is 18.9 Å². The molecule has 0 aliphatic carbocycles. The number of hydrogen-bond acceptors (Lipinski definition) is 3. The van der Waals surface area contributed by atoms with Crippen molar-refractivity contribution in [2.45, 2.75) is 30.0 Å². The maximum Gasteiger partial charge on any atom is 0.239 e. The molecule has 0 saturated carbocycles. The first-order chi connectivity index (χ1) is 11.7. The van der Waals surface area contributed by atoms with E-state index in [1.165, 1.54) is 10.6 Å². The number of para-hydroxylation sites is 1. The molecular formula is C19H21BrN2OS. The largest absolute Gasteiger partial charge is 0.360 e. The Morgan fingerprint density at radius 3 is 2.92 bits per heavy atom. The minimum absolute atomic E-state index is 0.0616. The molecule has 0 unspecified atom stereocenters. The van der Waals surface area contributed by atoms with Gasteiger partial charge >= 0.3 is 0 Å². The van der Waals surface area contributed by atoms with Crippen LogP contribution < -0.4 is 10.2 Å². The molecule has 2 aromatic rings. The molecule has 0 radical (unpaired) electrons. The number of halogens is 1. The third-order valence-corrected chi connectivity index (χ3v) is 6.00. The van der Waals surface area contributed by atoms with Crippen molar-refractivity contribution in [3.8, 4) is 0 Å². The van der Waals surface area contributed by atoms with E-state index in [-0.39, 0.29) is 5.91 Å². The Balaban J connectivity index is 1.63. The Bertz CT molecular complexity index is 722. The molecule has 1 atom stereocenters. The van der Waals surface area contributed by atoms with Crippen LogP contribution >= 0.6 is 27.7 Å². The molecule has 1 N–H and O–H groups in total. The number of carbonyl (C=O) groups is 1. The van der Waals surface area contributed by atoms with Gasteiger partial charge in [0.25, 0.3) is 0 Å². The van der Waals surface area contributed by atoms with E-state index in [9.17, 15) is 4.79 Å². The minimum Gasteiger partial charge on any atom is -0.360 e. The molecule has 0 spiro atoms. The third kappa shape index (κ3) is 4.33. The molecule has 1 aliphatic rings. The van der Waals surface area contributed by atoms with E-state index in [1.54, 1.807) is 0 Å². The number of thioether (sulfide) groups is 1. The van der Waals surface area contributed by atoms with Crippen molar-refractivity contribution >= 4 is 39.3 Å². The van der Waals surface area contributed by atoms with E-state index in [0.29, 0.717) is 18.3 Å². The summed E-state index contributed by atoms with van der Waals surface area (Å²) in [4.78, 5) is 15.9. The number of rotatable bonds is 5. The highest BCUT2D eigenvalue weighted by Gasteiger charge is 2.25. The maximum absolute atomic E-state index is 12.4. The van der Waals surface area contributed by atoms with Gasteiger partial charge in [-0.3, -0.25) is 4.79 Å². The molecule has 2 aromatic carbocycles. The van der Waals surface area contributed by atoms with Crippen LogP contribution in [0.4, 0.5) is 5.69 Å². The maximum atomic E-state index is 12.4. The van der Waals surface area contributed by atoms with Gasteiger partial charge in [0.05, 0.1) is 12.2 Å². The summed E-state index contributed by atoms with van der Waals surface area (Å²) >= 11 is 5.38. The van der Waals surface area contributed by atoms with E-state index in [1.807, 2.05) is 42.1 Å². The number of fused-ring (bicyclic) bond motifs is 1. The van der Waals surface area contributed by atoms with Gasteiger partial charge in [-0.15, -0.1) is 11.8 Å². The summed E-state index contributed by atoms with van der Waals surface area (Å²) in [5, 5.41) is 3.57. The van der Waals surface area contributed by atoms with Gasteiger partial charge in [-0.05, 0) is 36.2 Å². The first-order valence-electron chi connectivity index (χ1n) is 8.17. The number of carbonyl (C=O) groups excluding carboxylic acids is 1. The fraction of sp³-hybridized carbons (Fsp3) is 0.316. The topological polar surface area (TPSA) is 32.3 Å². The predicted molar refractivity (Wildman–Crippen MR) is 105 cm³/mol. The Morgan fingerprint density at radius 1 is 1.29 bits per heavy atom. The molecule has 3 rings (SSSR count).